The van der Waals surface area contributed by atoms with Crippen molar-refractivity contribution >= 4 is 5.97 Å². The van der Waals surface area contributed by atoms with E-state index < -0.39 is 0 Å². The Bertz CT molecular complexity index is 420. The molecule has 1 aliphatic rings. The lowest BCUT2D eigenvalue weighted by molar-refractivity contribution is 0.0600. The Hall–Kier alpha value is -1.39. The predicted octanol–water partition coefficient (Wildman–Crippen LogP) is 1.25. The Morgan fingerprint density at radius 2 is 2.39 bits per heavy atom. The number of carbonyl (C=O) groups is 1. The third-order valence-electron chi connectivity index (χ3n) is 3.46. The van der Waals surface area contributed by atoms with Gasteiger partial charge in [-0.1, -0.05) is 12.1 Å². The van der Waals surface area contributed by atoms with Gasteiger partial charge in [-0.15, -0.1) is 0 Å². The summed E-state index contributed by atoms with van der Waals surface area (Å²) >= 11 is 0. The summed E-state index contributed by atoms with van der Waals surface area (Å²) in [6.45, 7) is 3.78. The first-order valence-electron chi connectivity index (χ1n) is 6.32. The fraction of sp³-hybridized carbons (Fsp3) is 0.500. The lowest BCUT2D eigenvalue weighted by Crippen LogP contribution is -2.22. The van der Waals surface area contributed by atoms with E-state index in [2.05, 4.69) is 4.90 Å². The Balaban J connectivity index is 1.99. The van der Waals surface area contributed by atoms with Gasteiger partial charge in [0.25, 0.3) is 0 Å². The first kappa shape index (κ1) is 13.1. The Labute approximate surface area is 108 Å². The second kappa shape index (κ2) is 5.98. The number of hydrogen-bond acceptors (Lipinski definition) is 4. The maximum absolute atomic E-state index is 11.4. The molecule has 2 rings (SSSR count). The molecule has 1 fully saturated rings. The third kappa shape index (κ3) is 3.09. The summed E-state index contributed by atoms with van der Waals surface area (Å²) in [6, 6.07) is 7.63. The van der Waals surface area contributed by atoms with E-state index in [1.807, 2.05) is 18.2 Å². The van der Waals surface area contributed by atoms with Crippen molar-refractivity contribution in [2.75, 3.05) is 26.7 Å². The maximum atomic E-state index is 11.4. The van der Waals surface area contributed by atoms with Crippen molar-refractivity contribution in [1.29, 1.82) is 0 Å². The maximum Gasteiger partial charge on any atom is 0.337 e. The van der Waals surface area contributed by atoms with Gasteiger partial charge >= 0.3 is 5.97 Å². The van der Waals surface area contributed by atoms with Crippen molar-refractivity contribution in [3.05, 3.63) is 35.4 Å². The van der Waals surface area contributed by atoms with Crippen LogP contribution < -0.4 is 5.73 Å². The van der Waals surface area contributed by atoms with Gasteiger partial charge in [0.15, 0.2) is 0 Å². The van der Waals surface area contributed by atoms with Gasteiger partial charge < -0.3 is 10.5 Å². The second-order valence-corrected chi connectivity index (χ2v) is 4.82. The summed E-state index contributed by atoms with van der Waals surface area (Å²) in [5, 5.41) is 0. The molecular weight excluding hydrogens is 228 g/mol. The normalized spacial score (nSPS) is 20.0. The van der Waals surface area contributed by atoms with Crippen LogP contribution in [0.4, 0.5) is 0 Å². The van der Waals surface area contributed by atoms with Crippen molar-refractivity contribution in [1.82, 2.24) is 4.90 Å². The zero-order valence-electron chi connectivity index (χ0n) is 10.8. The molecule has 4 heteroatoms. The Morgan fingerprint density at radius 1 is 1.56 bits per heavy atom. The van der Waals surface area contributed by atoms with Crippen molar-refractivity contribution in [3.8, 4) is 0 Å². The van der Waals surface area contributed by atoms with Gasteiger partial charge in [-0.25, -0.2) is 4.79 Å². The number of nitrogens with zero attached hydrogens (tertiary/aromatic N) is 1. The van der Waals surface area contributed by atoms with Crippen LogP contribution in [0, 0.1) is 5.92 Å². The predicted molar refractivity (Wildman–Crippen MR) is 70.2 cm³/mol. The summed E-state index contributed by atoms with van der Waals surface area (Å²) in [4.78, 5) is 13.8. The number of benzene rings is 1. The highest BCUT2D eigenvalue weighted by Crippen LogP contribution is 2.18. The molecule has 1 saturated heterocycles. The number of likely N-dealkylation sites (tertiary alicyclic amines) is 1. The largest absolute Gasteiger partial charge is 0.465 e. The number of hydrogen-bond donors (Lipinski definition) is 1. The fourth-order valence-corrected chi connectivity index (χ4v) is 2.42. The average molecular weight is 248 g/mol. The van der Waals surface area contributed by atoms with E-state index >= 15 is 0 Å². The minimum Gasteiger partial charge on any atom is -0.465 e. The van der Waals surface area contributed by atoms with E-state index in [0.29, 0.717) is 11.5 Å². The van der Waals surface area contributed by atoms with E-state index in [9.17, 15) is 4.79 Å². The zero-order valence-corrected chi connectivity index (χ0v) is 10.8. The van der Waals surface area contributed by atoms with Gasteiger partial charge in [0.2, 0.25) is 0 Å². The van der Waals surface area contributed by atoms with E-state index in [1.54, 1.807) is 6.07 Å². The van der Waals surface area contributed by atoms with Gasteiger partial charge in [-0.2, -0.15) is 0 Å². The molecule has 0 saturated carbocycles. The zero-order chi connectivity index (χ0) is 13.0. The first-order valence-corrected chi connectivity index (χ1v) is 6.32. The molecule has 1 aliphatic heterocycles. The van der Waals surface area contributed by atoms with Crippen LogP contribution in [0.1, 0.15) is 22.3 Å². The number of ether oxygens (including phenoxy) is 1. The molecule has 1 heterocycles. The highest BCUT2D eigenvalue weighted by atomic mass is 16.5. The SMILES string of the molecule is COC(=O)c1cccc(CN2CCC(CN)C2)c1. The van der Waals surface area contributed by atoms with Gasteiger partial charge in [0.05, 0.1) is 12.7 Å². The van der Waals surface area contributed by atoms with Crippen molar-refractivity contribution < 1.29 is 9.53 Å². The summed E-state index contributed by atoms with van der Waals surface area (Å²) in [6.07, 6.45) is 1.17. The van der Waals surface area contributed by atoms with Crippen LogP contribution in [0.25, 0.3) is 0 Å². The summed E-state index contributed by atoms with van der Waals surface area (Å²) in [7, 11) is 1.40. The van der Waals surface area contributed by atoms with E-state index in [1.165, 1.54) is 13.5 Å². The van der Waals surface area contributed by atoms with Crippen LogP contribution >= 0.6 is 0 Å². The summed E-state index contributed by atoms with van der Waals surface area (Å²) in [5.41, 5.74) is 7.45. The van der Waals surface area contributed by atoms with E-state index in [-0.39, 0.29) is 5.97 Å². The highest BCUT2D eigenvalue weighted by molar-refractivity contribution is 5.89. The van der Waals surface area contributed by atoms with Crippen LogP contribution in [-0.2, 0) is 11.3 Å². The molecule has 0 aromatic heterocycles. The third-order valence-corrected chi connectivity index (χ3v) is 3.46. The summed E-state index contributed by atoms with van der Waals surface area (Å²) in [5.74, 6) is 0.340. The lowest BCUT2D eigenvalue weighted by Gasteiger charge is -2.16. The number of esters is 1. The van der Waals surface area contributed by atoms with Crippen LogP contribution in [-0.4, -0.2) is 37.6 Å². The number of rotatable bonds is 4. The quantitative estimate of drug-likeness (QED) is 0.815. The molecule has 0 radical (unpaired) electrons. The lowest BCUT2D eigenvalue weighted by atomic mass is 10.1. The molecule has 0 bridgehead atoms. The second-order valence-electron chi connectivity index (χ2n) is 4.82. The van der Waals surface area contributed by atoms with E-state index in [0.717, 1.165) is 31.7 Å². The minimum absolute atomic E-state index is 0.280. The van der Waals surface area contributed by atoms with Crippen LogP contribution in [0.3, 0.4) is 0 Å². The number of nitrogens with two attached hydrogens (primary N) is 1. The first-order chi connectivity index (χ1) is 8.72. The van der Waals surface area contributed by atoms with Crippen LogP contribution in [0.2, 0.25) is 0 Å². The molecule has 2 N–H and O–H groups in total. The molecule has 98 valence electrons. The minimum atomic E-state index is -0.280. The smallest absolute Gasteiger partial charge is 0.337 e. The van der Waals surface area contributed by atoms with Gasteiger partial charge in [-0.3, -0.25) is 4.90 Å². The van der Waals surface area contributed by atoms with Crippen LogP contribution in [0.15, 0.2) is 24.3 Å². The molecule has 0 amide bonds. The molecule has 1 unspecified atom stereocenters. The molecular formula is C14H20N2O2. The average Bonchev–Trinajstić information content (AvgIpc) is 2.86. The Kier molecular flexibility index (Phi) is 4.33. The highest BCUT2D eigenvalue weighted by Gasteiger charge is 2.21. The topological polar surface area (TPSA) is 55.6 Å². The fourth-order valence-electron chi connectivity index (χ4n) is 2.42. The summed E-state index contributed by atoms with van der Waals surface area (Å²) < 4.78 is 4.73. The standard InChI is InChI=1S/C14H20N2O2/c1-18-14(17)13-4-2-3-11(7-13)9-16-6-5-12(8-15)10-16/h2-4,7,12H,5-6,8-10,15H2,1H3. The molecule has 1 atom stereocenters. The van der Waals surface area contributed by atoms with Crippen molar-refractivity contribution in [2.45, 2.75) is 13.0 Å². The van der Waals surface area contributed by atoms with Crippen LogP contribution in [0.5, 0.6) is 0 Å². The molecule has 4 nitrogen and oxygen atoms in total. The van der Waals surface area contributed by atoms with Gasteiger partial charge in [0.1, 0.15) is 0 Å². The van der Waals surface area contributed by atoms with Gasteiger partial charge in [0, 0.05) is 13.1 Å². The Morgan fingerprint density at radius 3 is 3.06 bits per heavy atom. The van der Waals surface area contributed by atoms with E-state index in [4.69, 9.17) is 10.5 Å². The van der Waals surface area contributed by atoms with Crippen molar-refractivity contribution in [2.24, 2.45) is 11.7 Å². The number of carbonyl (C=O) groups excluding carboxylic acids is 1. The van der Waals surface area contributed by atoms with Crippen molar-refractivity contribution in [3.63, 3.8) is 0 Å². The molecule has 0 spiro atoms. The van der Waals surface area contributed by atoms with Gasteiger partial charge in [-0.05, 0) is 43.1 Å². The molecule has 1 aromatic rings. The molecule has 0 aliphatic carbocycles. The molecule has 18 heavy (non-hydrogen) atoms. The molecule has 1 aromatic carbocycles. The number of methoxy groups -OCH3 is 1. The monoisotopic (exact) mass is 248 g/mol.